The molecule has 0 radical (unpaired) electrons. The number of nitrogens with zero attached hydrogens (tertiary/aromatic N) is 1. The molecule has 0 bridgehead atoms. The molecule has 0 aliphatic carbocycles. The second-order valence-corrected chi connectivity index (χ2v) is 3.82. The Bertz CT molecular complexity index is 98.3. The lowest BCUT2D eigenvalue weighted by Gasteiger charge is -2.22. The molecule has 0 unspecified atom stereocenters. The fourth-order valence-corrected chi connectivity index (χ4v) is 2.28. The van der Waals surface area contributed by atoms with Gasteiger partial charge in [-0.15, -0.1) is 11.8 Å². The van der Waals surface area contributed by atoms with E-state index in [2.05, 4.69) is 11.2 Å². The number of thioether (sulfide) groups is 1. The van der Waals surface area contributed by atoms with Gasteiger partial charge in [0.15, 0.2) is 0 Å². The predicted octanol–water partition coefficient (Wildman–Crippen LogP) is 1.42. The number of methoxy groups -OCH3 is 1. The zero-order valence-corrected chi connectivity index (χ0v) is 8.19. The second-order valence-electron chi connectivity index (χ2n) is 2.98. The van der Waals surface area contributed by atoms with Crippen LogP contribution >= 0.6 is 11.8 Å². The molecular formula is C8H17NOS. The second kappa shape index (κ2) is 5.01. The van der Waals surface area contributed by atoms with Crippen molar-refractivity contribution in [2.45, 2.75) is 18.9 Å². The van der Waals surface area contributed by atoms with Crippen molar-refractivity contribution < 1.29 is 4.74 Å². The van der Waals surface area contributed by atoms with Crippen molar-refractivity contribution >= 4 is 11.8 Å². The van der Waals surface area contributed by atoms with Gasteiger partial charge in [0.1, 0.15) is 0 Å². The lowest BCUT2D eigenvalue weighted by atomic mass is 10.2. The molecule has 1 rings (SSSR count). The summed E-state index contributed by atoms with van der Waals surface area (Å²) in [5.74, 6) is 1.16. The van der Waals surface area contributed by atoms with E-state index in [1.54, 1.807) is 7.11 Å². The van der Waals surface area contributed by atoms with Crippen LogP contribution in [0.1, 0.15) is 12.8 Å². The Morgan fingerprint density at radius 1 is 1.64 bits per heavy atom. The maximum absolute atomic E-state index is 5.15. The van der Waals surface area contributed by atoms with Crippen LogP contribution in [-0.2, 0) is 4.74 Å². The standard InChI is InChI=1S/C8H17NOS/c1-10-6-8-4-3-5-9(8)7-11-2/h8H,3-7H2,1-2H3/t8-/m1/s1. The molecule has 11 heavy (non-hydrogen) atoms. The molecule has 2 nitrogen and oxygen atoms in total. The van der Waals surface area contributed by atoms with E-state index < -0.39 is 0 Å². The molecule has 1 aliphatic rings. The summed E-state index contributed by atoms with van der Waals surface area (Å²) in [6, 6.07) is 0.687. The van der Waals surface area contributed by atoms with Crippen LogP contribution in [0.25, 0.3) is 0 Å². The minimum absolute atomic E-state index is 0.687. The smallest absolute Gasteiger partial charge is 0.0618 e. The van der Waals surface area contributed by atoms with Crippen molar-refractivity contribution in [2.75, 3.05) is 32.4 Å². The normalized spacial score (nSPS) is 26.2. The van der Waals surface area contributed by atoms with Crippen LogP contribution in [-0.4, -0.2) is 43.3 Å². The van der Waals surface area contributed by atoms with Crippen molar-refractivity contribution in [1.29, 1.82) is 0 Å². The van der Waals surface area contributed by atoms with Gasteiger partial charge in [-0.1, -0.05) is 0 Å². The fraction of sp³-hybridized carbons (Fsp3) is 1.00. The van der Waals surface area contributed by atoms with E-state index in [1.807, 2.05) is 11.8 Å². The summed E-state index contributed by atoms with van der Waals surface area (Å²) in [6.45, 7) is 2.16. The zero-order valence-electron chi connectivity index (χ0n) is 7.38. The van der Waals surface area contributed by atoms with Crippen LogP contribution in [0.2, 0.25) is 0 Å². The van der Waals surface area contributed by atoms with Gasteiger partial charge in [0.05, 0.1) is 6.61 Å². The third-order valence-electron chi connectivity index (χ3n) is 2.15. The van der Waals surface area contributed by atoms with Crippen LogP contribution in [0.3, 0.4) is 0 Å². The molecule has 1 aliphatic heterocycles. The summed E-state index contributed by atoms with van der Waals surface area (Å²) in [5, 5.41) is 0. The summed E-state index contributed by atoms with van der Waals surface area (Å²) in [5.41, 5.74) is 0. The van der Waals surface area contributed by atoms with Gasteiger partial charge in [-0.05, 0) is 25.6 Å². The largest absolute Gasteiger partial charge is 0.383 e. The number of hydrogen-bond acceptors (Lipinski definition) is 3. The van der Waals surface area contributed by atoms with Crippen LogP contribution in [0.5, 0.6) is 0 Å². The first-order valence-electron chi connectivity index (χ1n) is 4.10. The lowest BCUT2D eigenvalue weighted by Crippen LogP contribution is -2.32. The first kappa shape index (κ1) is 9.36. The SMILES string of the molecule is COC[C@H]1CCCN1CSC. The molecule has 0 aromatic heterocycles. The molecule has 0 aromatic carbocycles. The summed E-state index contributed by atoms with van der Waals surface area (Å²) < 4.78 is 5.15. The Labute approximate surface area is 73.3 Å². The summed E-state index contributed by atoms with van der Waals surface area (Å²) in [6.07, 6.45) is 4.81. The van der Waals surface area contributed by atoms with Gasteiger partial charge in [-0.25, -0.2) is 0 Å². The maximum Gasteiger partial charge on any atom is 0.0618 e. The third-order valence-corrected chi connectivity index (χ3v) is 2.74. The summed E-state index contributed by atoms with van der Waals surface area (Å²) in [7, 11) is 1.79. The number of rotatable bonds is 4. The van der Waals surface area contributed by atoms with E-state index in [1.165, 1.54) is 19.4 Å². The Kier molecular flexibility index (Phi) is 4.26. The minimum Gasteiger partial charge on any atom is -0.383 e. The molecule has 0 amide bonds. The van der Waals surface area contributed by atoms with Gasteiger partial charge >= 0.3 is 0 Å². The molecule has 1 heterocycles. The minimum atomic E-state index is 0.687. The average Bonchev–Trinajstić information content (AvgIpc) is 2.39. The molecule has 1 fully saturated rings. The van der Waals surface area contributed by atoms with E-state index in [0.29, 0.717) is 6.04 Å². The number of likely N-dealkylation sites (tertiary alicyclic amines) is 1. The van der Waals surface area contributed by atoms with E-state index in [9.17, 15) is 0 Å². The van der Waals surface area contributed by atoms with Gasteiger partial charge in [0.2, 0.25) is 0 Å². The van der Waals surface area contributed by atoms with Crippen molar-refractivity contribution in [3.8, 4) is 0 Å². The molecule has 0 N–H and O–H groups in total. The van der Waals surface area contributed by atoms with Crippen molar-refractivity contribution in [3.05, 3.63) is 0 Å². The Morgan fingerprint density at radius 2 is 2.45 bits per heavy atom. The molecule has 3 heteroatoms. The monoisotopic (exact) mass is 175 g/mol. The van der Waals surface area contributed by atoms with E-state index in [4.69, 9.17) is 4.74 Å². The van der Waals surface area contributed by atoms with Crippen molar-refractivity contribution in [1.82, 2.24) is 4.90 Å². The third kappa shape index (κ3) is 2.65. The fourth-order valence-electron chi connectivity index (χ4n) is 1.61. The first-order chi connectivity index (χ1) is 5.38. The first-order valence-corrected chi connectivity index (χ1v) is 5.49. The highest BCUT2D eigenvalue weighted by atomic mass is 32.2. The quantitative estimate of drug-likeness (QED) is 0.641. The molecule has 0 aromatic rings. The molecule has 1 saturated heterocycles. The van der Waals surface area contributed by atoms with Crippen LogP contribution in [0.15, 0.2) is 0 Å². The van der Waals surface area contributed by atoms with Crippen molar-refractivity contribution in [2.24, 2.45) is 0 Å². The average molecular weight is 175 g/mol. The molecule has 1 atom stereocenters. The highest BCUT2D eigenvalue weighted by Crippen LogP contribution is 2.18. The molecule has 66 valence electrons. The van der Waals surface area contributed by atoms with E-state index in [0.717, 1.165) is 12.5 Å². The lowest BCUT2D eigenvalue weighted by molar-refractivity contribution is 0.126. The summed E-state index contributed by atoms with van der Waals surface area (Å²) in [4.78, 5) is 2.51. The number of ether oxygens (including phenoxy) is 1. The van der Waals surface area contributed by atoms with Crippen LogP contribution < -0.4 is 0 Å². The number of hydrogen-bond donors (Lipinski definition) is 0. The summed E-state index contributed by atoms with van der Waals surface area (Å²) >= 11 is 1.90. The Balaban J connectivity index is 2.25. The van der Waals surface area contributed by atoms with Gasteiger partial charge in [0, 0.05) is 19.0 Å². The van der Waals surface area contributed by atoms with Gasteiger partial charge in [-0.2, -0.15) is 0 Å². The topological polar surface area (TPSA) is 12.5 Å². The highest BCUT2D eigenvalue weighted by Gasteiger charge is 2.23. The van der Waals surface area contributed by atoms with Gasteiger partial charge in [0.25, 0.3) is 0 Å². The van der Waals surface area contributed by atoms with Crippen LogP contribution in [0.4, 0.5) is 0 Å². The van der Waals surface area contributed by atoms with E-state index >= 15 is 0 Å². The maximum atomic E-state index is 5.15. The Hall–Kier alpha value is 0.270. The molecule has 0 spiro atoms. The molecular weight excluding hydrogens is 158 g/mol. The van der Waals surface area contributed by atoms with Crippen LogP contribution in [0, 0.1) is 0 Å². The highest BCUT2D eigenvalue weighted by molar-refractivity contribution is 7.98. The molecule has 0 saturated carbocycles. The predicted molar refractivity (Wildman–Crippen MR) is 50.0 cm³/mol. The van der Waals surface area contributed by atoms with Crippen molar-refractivity contribution in [3.63, 3.8) is 0 Å². The Morgan fingerprint density at radius 3 is 3.09 bits per heavy atom. The van der Waals surface area contributed by atoms with Gasteiger partial charge in [-0.3, -0.25) is 4.90 Å². The van der Waals surface area contributed by atoms with E-state index in [-0.39, 0.29) is 0 Å². The van der Waals surface area contributed by atoms with Gasteiger partial charge < -0.3 is 4.74 Å². The zero-order chi connectivity index (χ0) is 8.10.